The Morgan fingerprint density at radius 2 is 1.24 bits per heavy atom. The number of hydrogen-bond acceptors (Lipinski definition) is 8. The minimum atomic E-state index is -0.0943. The SMILES string of the molecule is CCC(=O)N1Cc2c(sc(C)c2Cc2ccccc2)-n2c(C)nnc2[C@@H]1C.Cc1sc2c(c1Cc1ccccc1)CN[C@@H](C)c1nnc(C)n1-2. The molecule has 1 amide bonds. The molecule has 2 aliphatic heterocycles. The highest BCUT2D eigenvalue weighted by Crippen LogP contribution is 2.41. The predicted molar refractivity (Wildman–Crippen MR) is 200 cm³/mol. The van der Waals surface area contributed by atoms with Crippen molar-refractivity contribution in [3.05, 3.63) is 127 Å². The van der Waals surface area contributed by atoms with E-state index in [-0.39, 0.29) is 18.0 Å². The first-order valence-corrected chi connectivity index (χ1v) is 19.0. The lowest BCUT2D eigenvalue weighted by atomic mass is 10.0. The summed E-state index contributed by atoms with van der Waals surface area (Å²) in [7, 11) is 0. The highest BCUT2D eigenvalue weighted by atomic mass is 32.1. The Morgan fingerprint density at radius 1 is 0.740 bits per heavy atom. The summed E-state index contributed by atoms with van der Waals surface area (Å²) in [5, 5.41) is 23.4. The Labute approximate surface area is 302 Å². The lowest BCUT2D eigenvalue weighted by Crippen LogP contribution is -2.32. The topological polar surface area (TPSA) is 93.8 Å². The smallest absolute Gasteiger partial charge is 0.223 e. The Bertz CT molecular complexity index is 2140. The molecular weight excluding hydrogens is 661 g/mol. The molecule has 0 fully saturated rings. The Balaban J connectivity index is 0.000000159. The van der Waals surface area contributed by atoms with Gasteiger partial charge in [0.2, 0.25) is 5.91 Å². The van der Waals surface area contributed by atoms with Crippen molar-refractivity contribution in [2.75, 3.05) is 0 Å². The first-order chi connectivity index (χ1) is 24.2. The van der Waals surface area contributed by atoms with Crippen molar-refractivity contribution >= 4 is 28.6 Å². The molecule has 0 unspecified atom stereocenters. The molecular formula is C39H44N8OS2. The van der Waals surface area contributed by atoms with Gasteiger partial charge in [0.1, 0.15) is 21.7 Å². The molecule has 0 bridgehead atoms. The second-order valence-corrected chi connectivity index (χ2v) is 15.6. The zero-order chi connectivity index (χ0) is 35.1. The number of nitrogens with zero attached hydrogens (tertiary/aromatic N) is 7. The summed E-state index contributed by atoms with van der Waals surface area (Å²) in [5.74, 6) is 3.84. The second kappa shape index (κ2) is 14.0. The summed E-state index contributed by atoms with van der Waals surface area (Å²) in [5.41, 5.74) is 8.03. The fourth-order valence-electron chi connectivity index (χ4n) is 7.10. The molecule has 6 aromatic rings. The van der Waals surface area contributed by atoms with Crippen molar-refractivity contribution in [1.82, 2.24) is 39.7 Å². The first-order valence-electron chi connectivity index (χ1n) is 17.3. The van der Waals surface area contributed by atoms with Crippen LogP contribution in [0.5, 0.6) is 0 Å². The standard InChI is InChI=1S/C21H24N4OS.C18H20N4S/c1-5-19(26)24-12-18-17(11-16-9-7-6-8-10-16)14(3)27-21(18)25-15(4)22-23-20(25)13(24)2;1-11-17-21-20-13(3)22(17)18-16(10-19-11)15(12(2)23-18)9-14-7-5-4-6-8-14/h6-10,13H,5,11-12H2,1-4H3;4-8,11,19H,9-10H2,1-3H3/t13-;11-/m00/s1. The summed E-state index contributed by atoms with van der Waals surface area (Å²) in [6.45, 7) is 16.0. The van der Waals surface area contributed by atoms with Crippen LogP contribution < -0.4 is 5.32 Å². The number of carbonyl (C=O) groups is 1. The largest absolute Gasteiger partial charge is 0.328 e. The van der Waals surface area contributed by atoms with E-state index in [1.165, 1.54) is 48.1 Å². The maximum Gasteiger partial charge on any atom is 0.223 e. The van der Waals surface area contributed by atoms with Crippen LogP contribution in [0, 0.1) is 27.7 Å². The van der Waals surface area contributed by atoms with Crippen LogP contribution in [0.25, 0.3) is 10.0 Å². The van der Waals surface area contributed by atoms with Gasteiger partial charge in [-0.3, -0.25) is 13.9 Å². The van der Waals surface area contributed by atoms with E-state index in [4.69, 9.17) is 0 Å². The molecule has 2 aromatic carbocycles. The number of benzene rings is 2. The van der Waals surface area contributed by atoms with Gasteiger partial charge < -0.3 is 10.2 Å². The number of hydrogen-bond donors (Lipinski definition) is 1. The number of fused-ring (bicyclic) bond motifs is 6. The summed E-state index contributed by atoms with van der Waals surface area (Å²) >= 11 is 3.64. The maximum absolute atomic E-state index is 12.7. The van der Waals surface area contributed by atoms with Crippen molar-refractivity contribution in [2.45, 2.75) is 92.9 Å². The highest BCUT2D eigenvalue weighted by Gasteiger charge is 2.34. The van der Waals surface area contributed by atoms with Crippen LogP contribution in [0.2, 0.25) is 0 Å². The lowest BCUT2D eigenvalue weighted by molar-refractivity contribution is -0.133. The van der Waals surface area contributed by atoms with Gasteiger partial charge in [0, 0.05) is 40.4 Å². The third-order valence-electron chi connectivity index (χ3n) is 9.91. The van der Waals surface area contributed by atoms with E-state index in [0.29, 0.717) is 13.0 Å². The molecule has 1 N–H and O–H groups in total. The van der Waals surface area contributed by atoms with Gasteiger partial charge in [0.15, 0.2) is 11.6 Å². The highest BCUT2D eigenvalue weighted by molar-refractivity contribution is 7.15. The Morgan fingerprint density at radius 3 is 1.80 bits per heavy atom. The minimum Gasteiger partial charge on any atom is -0.328 e. The van der Waals surface area contributed by atoms with Gasteiger partial charge in [-0.15, -0.1) is 43.1 Å². The summed E-state index contributed by atoms with van der Waals surface area (Å²) in [6, 6.07) is 21.3. The molecule has 6 heterocycles. The van der Waals surface area contributed by atoms with Crippen LogP contribution in [-0.2, 0) is 30.7 Å². The summed E-state index contributed by atoms with van der Waals surface area (Å²) < 4.78 is 4.38. The number of rotatable bonds is 5. The van der Waals surface area contributed by atoms with Crippen molar-refractivity contribution in [1.29, 1.82) is 0 Å². The third-order valence-corrected chi connectivity index (χ3v) is 12.3. The van der Waals surface area contributed by atoms with Crippen LogP contribution in [0.1, 0.15) is 106 Å². The van der Waals surface area contributed by atoms with E-state index in [2.05, 4.69) is 110 Å². The number of aryl methyl sites for hydroxylation is 4. The fourth-order valence-corrected chi connectivity index (χ4v) is 9.58. The van der Waals surface area contributed by atoms with Crippen LogP contribution in [-0.4, -0.2) is 40.3 Å². The average Bonchev–Trinajstić information content (AvgIpc) is 3.82. The molecule has 0 aliphatic carbocycles. The van der Waals surface area contributed by atoms with Gasteiger partial charge in [-0.25, -0.2) is 0 Å². The summed E-state index contributed by atoms with van der Waals surface area (Å²) in [4.78, 5) is 17.3. The van der Waals surface area contributed by atoms with Crippen LogP contribution >= 0.6 is 22.7 Å². The molecule has 0 saturated heterocycles. The zero-order valence-electron chi connectivity index (χ0n) is 29.8. The zero-order valence-corrected chi connectivity index (χ0v) is 31.5. The van der Waals surface area contributed by atoms with Gasteiger partial charge in [-0.05, 0) is 76.6 Å². The third kappa shape index (κ3) is 6.22. The van der Waals surface area contributed by atoms with E-state index < -0.39 is 0 Å². The number of carbonyl (C=O) groups excluding carboxylic acids is 1. The van der Waals surface area contributed by atoms with Gasteiger partial charge in [0.05, 0.1) is 12.1 Å². The maximum atomic E-state index is 12.7. The van der Waals surface area contributed by atoms with Crippen molar-refractivity contribution in [3.63, 3.8) is 0 Å². The molecule has 9 nitrogen and oxygen atoms in total. The molecule has 4 aromatic heterocycles. The van der Waals surface area contributed by atoms with Crippen LogP contribution in [0.15, 0.2) is 60.7 Å². The Hall–Kier alpha value is -4.45. The number of aromatic nitrogens is 6. The molecule has 50 heavy (non-hydrogen) atoms. The lowest BCUT2D eigenvalue weighted by Gasteiger charge is -2.26. The monoisotopic (exact) mass is 704 g/mol. The normalized spacial score (nSPS) is 16.3. The van der Waals surface area contributed by atoms with Gasteiger partial charge in [0.25, 0.3) is 0 Å². The van der Waals surface area contributed by atoms with Crippen LogP contribution in [0.3, 0.4) is 0 Å². The number of amides is 1. The van der Waals surface area contributed by atoms with E-state index in [1.54, 1.807) is 11.3 Å². The predicted octanol–water partition coefficient (Wildman–Crippen LogP) is 8.05. The fraction of sp³-hybridized carbons (Fsp3) is 0.359. The molecule has 8 rings (SSSR count). The molecule has 0 radical (unpaired) electrons. The average molecular weight is 705 g/mol. The van der Waals surface area contributed by atoms with Crippen LogP contribution in [0.4, 0.5) is 0 Å². The molecule has 2 aliphatic rings. The number of thiophene rings is 2. The van der Waals surface area contributed by atoms with Gasteiger partial charge in [-0.1, -0.05) is 67.6 Å². The first kappa shape index (κ1) is 34.0. The van der Waals surface area contributed by atoms with Gasteiger partial charge >= 0.3 is 0 Å². The van der Waals surface area contributed by atoms with Crippen molar-refractivity contribution < 1.29 is 4.79 Å². The molecule has 0 saturated carbocycles. The number of nitrogens with one attached hydrogen (secondary N) is 1. The molecule has 0 spiro atoms. The van der Waals surface area contributed by atoms with Crippen molar-refractivity contribution in [3.8, 4) is 10.0 Å². The van der Waals surface area contributed by atoms with E-state index in [0.717, 1.165) is 47.7 Å². The molecule has 2 atom stereocenters. The second-order valence-electron chi connectivity index (χ2n) is 13.2. The van der Waals surface area contributed by atoms with Gasteiger partial charge in [-0.2, -0.15) is 0 Å². The minimum absolute atomic E-state index is 0.0943. The quantitative estimate of drug-likeness (QED) is 0.195. The molecule has 258 valence electrons. The van der Waals surface area contributed by atoms with Crippen molar-refractivity contribution in [2.24, 2.45) is 0 Å². The summed E-state index contributed by atoms with van der Waals surface area (Å²) in [6.07, 6.45) is 2.34. The molecule has 11 heteroatoms. The van der Waals surface area contributed by atoms with E-state index in [1.807, 2.05) is 50.0 Å². The van der Waals surface area contributed by atoms with E-state index in [9.17, 15) is 4.79 Å². The van der Waals surface area contributed by atoms with E-state index >= 15 is 0 Å². The Kier molecular flexibility index (Phi) is 9.56.